The number of piperidine rings is 1. The summed E-state index contributed by atoms with van der Waals surface area (Å²) in [4.78, 5) is 30.9. The van der Waals surface area contributed by atoms with Crippen LogP contribution in [0.15, 0.2) is 42.5 Å². The molecule has 7 rings (SSSR count). The molecule has 2 N–H and O–H groups in total. The molecule has 9 heteroatoms. The number of carbonyl (C=O) groups is 2. The number of hydrogen-bond donors (Lipinski definition) is 2. The second-order valence-corrected chi connectivity index (χ2v) is 11.4. The van der Waals surface area contributed by atoms with E-state index in [-0.39, 0.29) is 30.6 Å². The molecule has 0 radical (unpaired) electrons. The first-order valence-electron chi connectivity index (χ1n) is 14.1. The molecule has 4 bridgehead atoms. The molecule has 39 heavy (non-hydrogen) atoms. The zero-order chi connectivity index (χ0) is 26.8. The smallest absolute Gasteiger partial charge is 0.258 e. The third-order valence-electron chi connectivity index (χ3n) is 8.21. The fourth-order valence-corrected chi connectivity index (χ4v) is 5.60. The molecule has 5 aliphatic rings. The Labute approximate surface area is 229 Å². The van der Waals surface area contributed by atoms with Crippen molar-refractivity contribution in [2.75, 3.05) is 46.4 Å². The predicted molar refractivity (Wildman–Crippen MR) is 146 cm³/mol. The third-order valence-corrected chi connectivity index (χ3v) is 8.21. The van der Waals surface area contributed by atoms with Crippen molar-refractivity contribution in [3.05, 3.63) is 53.6 Å². The van der Waals surface area contributed by atoms with Gasteiger partial charge in [-0.05, 0) is 81.6 Å². The number of nitrogens with zero attached hydrogens (tertiary/aromatic N) is 2. The van der Waals surface area contributed by atoms with Crippen LogP contribution in [-0.4, -0.2) is 86.2 Å². The molecule has 2 aromatic rings. The largest absolute Gasteiger partial charge is 0.493 e. The van der Waals surface area contributed by atoms with E-state index >= 15 is 0 Å². The number of ether oxygens (including phenoxy) is 3. The molecule has 208 valence electrons. The number of rotatable bonds is 4. The lowest BCUT2D eigenvalue weighted by atomic mass is 10.0. The SMILES string of the molecule is CN1CCC(N2C[C@@H]3NC(=O)c4cc(cc(OCC5CC5)c4)OCC(=O)NCc4ccc(cc4)O[C@H]3C2)CC1. The standard InChI is InChI=1S/C30H38N4O5/c1-33-10-8-23(9-11-33)34-16-27-28(17-34)39-24-6-4-20(5-7-24)15-31-29(35)19-38-26-13-22(30(36)32-27)12-25(14-26)37-18-21-2-3-21/h4-7,12-14,21,23,27-28H,2-3,8-11,15-19H2,1H3,(H,31,35)(H,32,36)/t27-,28-/m0/s1. The Balaban J connectivity index is 1.26. The van der Waals surface area contributed by atoms with Gasteiger partial charge in [0.15, 0.2) is 6.61 Å². The fourth-order valence-electron chi connectivity index (χ4n) is 5.60. The Morgan fingerprint density at radius 1 is 0.974 bits per heavy atom. The number of nitrogens with one attached hydrogen (secondary N) is 2. The van der Waals surface area contributed by atoms with Crippen molar-refractivity contribution in [2.45, 2.75) is 50.4 Å². The summed E-state index contributed by atoms with van der Waals surface area (Å²) in [5.41, 5.74) is 1.42. The summed E-state index contributed by atoms with van der Waals surface area (Å²) >= 11 is 0. The second-order valence-electron chi connectivity index (χ2n) is 11.4. The fraction of sp³-hybridized carbons (Fsp3) is 0.533. The molecule has 4 aliphatic heterocycles. The number of amides is 2. The van der Waals surface area contributed by atoms with Gasteiger partial charge in [0.1, 0.15) is 23.4 Å². The maximum Gasteiger partial charge on any atom is 0.258 e. The summed E-state index contributed by atoms with van der Waals surface area (Å²) in [5, 5.41) is 6.15. The summed E-state index contributed by atoms with van der Waals surface area (Å²) < 4.78 is 18.3. The first-order valence-corrected chi connectivity index (χ1v) is 14.1. The van der Waals surface area contributed by atoms with E-state index in [9.17, 15) is 9.59 Å². The molecule has 9 nitrogen and oxygen atoms in total. The molecule has 0 spiro atoms. The van der Waals surface area contributed by atoms with Gasteiger partial charge in [-0.2, -0.15) is 0 Å². The monoisotopic (exact) mass is 534 g/mol. The van der Waals surface area contributed by atoms with Crippen molar-refractivity contribution in [2.24, 2.45) is 5.92 Å². The summed E-state index contributed by atoms with van der Waals surface area (Å²) in [6, 6.07) is 13.3. The van der Waals surface area contributed by atoms with Crippen LogP contribution in [0.2, 0.25) is 0 Å². The number of likely N-dealkylation sites (tertiary alicyclic amines) is 2. The van der Waals surface area contributed by atoms with Gasteiger partial charge in [0.2, 0.25) is 0 Å². The van der Waals surface area contributed by atoms with Crippen molar-refractivity contribution in [1.82, 2.24) is 20.4 Å². The van der Waals surface area contributed by atoms with E-state index in [0.717, 1.165) is 50.3 Å². The number of benzene rings is 2. The van der Waals surface area contributed by atoms with Crippen LogP contribution in [-0.2, 0) is 11.3 Å². The van der Waals surface area contributed by atoms with Crippen LogP contribution in [0.1, 0.15) is 41.6 Å². The maximum atomic E-state index is 13.6. The van der Waals surface area contributed by atoms with Crippen LogP contribution in [0, 0.1) is 5.92 Å². The van der Waals surface area contributed by atoms with Crippen LogP contribution in [0.25, 0.3) is 0 Å². The van der Waals surface area contributed by atoms with Crippen molar-refractivity contribution in [3.63, 3.8) is 0 Å². The summed E-state index contributed by atoms with van der Waals surface area (Å²) in [7, 11) is 2.17. The van der Waals surface area contributed by atoms with Crippen LogP contribution in [0.4, 0.5) is 0 Å². The van der Waals surface area contributed by atoms with Crippen molar-refractivity contribution >= 4 is 11.8 Å². The second kappa shape index (κ2) is 11.4. The number of fused-ring (bicyclic) bond motifs is 7. The molecule has 1 saturated carbocycles. The molecular formula is C30H38N4O5. The van der Waals surface area contributed by atoms with Crippen LogP contribution < -0.4 is 24.8 Å². The van der Waals surface area contributed by atoms with Gasteiger partial charge in [0.25, 0.3) is 11.8 Å². The minimum atomic E-state index is -0.238. The molecule has 0 unspecified atom stereocenters. The van der Waals surface area contributed by atoms with Gasteiger partial charge < -0.3 is 29.7 Å². The third kappa shape index (κ3) is 6.65. The number of carbonyl (C=O) groups excluding carboxylic acids is 2. The zero-order valence-corrected chi connectivity index (χ0v) is 22.6. The molecule has 3 fully saturated rings. The topological polar surface area (TPSA) is 92.4 Å². The lowest BCUT2D eigenvalue weighted by molar-refractivity contribution is -0.123. The maximum absolute atomic E-state index is 13.6. The normalized spacial score (nSPS) is 25.2. The van der Waals surface area contributed by atoms with E-state index in [1.165, 1.54) is 12.8 Å². The minimum Gasteiger partial charge on any atom is -0.493 e. The Kier molecular flexibility index (Phi) is 7.61. The number of hydrogen-bond acceptors (Lipinski definition) is 7. The van der Waals surface area contributed by atoms with E-state index in [2.05, 4.69) is 27.5 Å². The van der Waals surface area contributed by atoms with Gasteiger partial charge in [-0.3, -0.25) is 14.5 Å². The van der Waals surface area contributed by atoms with Crippen LogP contribution >= 0.6 is 0 Å². The van der Waals surface area contributed by atoms with E-state index in [1.54, 1.807) is 18.2 Å². The first kappa shape index (κ1) is 26.0. The highest BCUT2D eigenvalue weighted by molar-refractivity contribution is 5.95. The molecule has 1 aliphatic carbocycles. The van der Waals surface area contributed by atoms with Gasteiger partial charge in [-0.1, -0.05) is 12.1 Å². The Morgan fingerprint density at radius 2 is 1.77 bits per heavy atom. The Hall–Kier alpha value is -3.30. The molecule has 2 aromatic carbocycles. The average molecular weight is 535 g/mol. The van der Waals surface area contributed by atoms with Crippen molar-refractivity contribution in [1.29, 1.82) is 0 Å². The summed E-state index contributed by atoms with van der Waals surface area (Å²) in [5.74, 6) is 1.89. The van der Waals surface area contributed by atoms with Crippen molar-refractivity contribution < 1.29 is 23.8 Å². The zero-order valence-electron chi connectivity index (χ0n) is 22.6. The van der Waals surface area contributed by atoms with Crippen LogP contribution in [0.3, 0.4) is 0 Å². The first-order chi connectivity index (χ1) is 19.0. The van der Waals surface area contributed by atoms with Gasteiger partial charge in [0.05, 0.1) is 12.6 Å². The summed E-state index contributed by atoms with van der Waals surface area (Å²) in [6.45, 7) is 4.53. The Morgan fingerprint density at radius 3 is 2.54 bits per heavy atom. The van der Waals surface area contributed by atoms with Gasteiger partial charge >= 0.3 is 0 Å². The highest BCUT2D eigenvalue weighted by Gasteiger charge is 2.39. The van der Waals surface area contributed by atoms with E-state index in [4.69, 9.17) is 14.2 Å². The van der Waals surface area contributed by atoms with Crippen molar-refractivity contribution in [3.8, 4) is 17.2 Å². The van der Waals surface area contributed by atoms with Gasteiger partial charge in [0, 0.05) is 37.3 Å². The molecule has 2 amide bonds. The van der Waals surface area contributed by atoms with Gasteiger partial charge in [-0.15, -0.1) is 0 Å². The summed E-state index contributed by atoms with van der Waals surface area (Å²) in [6.07, 6.45) is 4.39. The quantitative estimate of drug-likeness (QED) is 0.623. The van der Waals surface area contributed by atoms with E-state index in [1.807, 2.05) is 24.3 Å². The molecule has 2 atom stereocenters. The molecule has 2 saturated heterocycles. The van der Waals surface area contributed by atoms with E-state index < -0.39 is 0 Å². The lowest BCUT2D eigenvalue weighted by Crippen LogP contribution is -2.46. The Bertz CT molecular complexity index is 1180. The lowest BCUT2D eigenvalue weighted by Gasteiger charge is -2.35. The minimum absolute atomic E-state index is 0.148. The van der Waals surface area contributed by atoms with E-state index in [0.29, 0.717) is 42.2 Å². The highest BCUT2D eigenvalue weighted by atomic mass is 16.5. The van der Waals surface area contributed by atoms with Crippen LogP contribution in [0.5, 0.6) is 17.2 Å². The average Bonchev–Trinajstić information content (AvgIpc) is 3.70. The highest BCUT2D eigenvalue weighted by Crippen LogP contribution is 2.31. The molecular weight excluding hydrogens is 496 g/mol. The molecule has 0 aromatic heterocycles. The predicted octanol–water partition coefficient (Wildman–Crippen LogP) is 2.44. The van der Waals surface area contributed by atoms with Gasteiger partial charge in [-0.25, -0.2) is 0 Å². The molecule has 4 heterocycles.